The molecule has 0 radical (unpaired) electrons. The SMILES string of the molecule is CCOc1ccc(C(=O)N[C@H](C(=O)Nc2ccc(C(N)=O)cc2)C(C)C)cc1. The molecule has 0 aromatic heterocycles. The summed E-state index contributed by atoms with van der Waals surface area (Å²) in [6.07, 6.45) is 0. The van der Waals surface area contributed by atoms with Crippen molar-refractivity contribution < 1.29 is 19.1 Å². The van der Waals surface area contributed by atoms with Crippen molar-refractivity contribution in [3.8, 4) is 5.75 Å². The lowest BCUT2D eigenvalue weighted by Crippen LogP contribution is -2.47. The highest BCUT2D eigenvalue weighted by molar-refractivity contribution is 6.01. The van der Waals surface area contributed by atoms with Gasteiger partial charge in [0.2, 0.25) is 11.8 Å². The lowest BCUT2D eigenvalue weighted by atomic mass is 10.0. The Bertz CT molecular complexity index is 830. The molecule has 0 spiro atoms. The molecular formula is C21H25N3O4. The molecule has 2 aromatic rings. The first kappa shape index (κ1) is 21.0. The predicted octanol–water partition coefficient (Wildman–Crippen LogP) is 2.58. The number of nitrogens with one attached hydrogen (secondary N) is 2. The summed E-state index contributed by atoms with van der Waals surface area (Å²) in [6.45, 7) is 6.12. The monoisotopic (exact) mass is 383 g/mol. The lowest BCUT2D eigenvalue weighted by molar-refractivity contribution is -0.118. The predicted molar refractivity (Wildman–Crippen MR) is 107 cm³/mol. The van der Waals surface area contributed by atoms with Crippen LogP contribution < -0.4 is 21.1 Å². The van der Waals surface area contributed by atoms with Gasteiger partial charge in [-0.3, -0.25) is 14.4 Å². The molecule has 0 fully saturated rings. The molecule has 2 rings (SSSR count). The van der Waals surface area contributed by atoms with E-state index in [1.54, 1.807) is 36.4 Å². The van der Waals surface area contributed by atoms with Crippen LogP contribution in [0.15, 0.2) is 48.5 Å². The minimum atomic E-state index is -0.727. The highest BCUT2D eigenvalue weighted by Crippen LogP contribution is 2.14. The number of primary amides is 1. The van der Waals surface area contributed by atoms with Crippen molar-refractivity contribution in [3.63, 3.8) is 0 Å². The number of rotatable bonds is 8. The van der Waals surface area contributed by atoms with Gasteiger partial charge in [-0.05, 0) is 61.4 Å². The van der Waals surface area contributed by atoms with Crippen molar-refractivity contribution in [2.45, 2.75) is 26.8 Å². The Hall–Kier alpha value is -3.35. The van der Waals surface area contributed by atoms with E-state index in [0.29, 0.717) is 29.2 Å². The van der Waals surface area contributed by atoms with Gasteiger partial charge in [-0.2, -0.15) is 0 Å². The largest absolute Gasteiger partial charge is 0.494 e. The zero-order valence-electron chi connectivity index (χ0n) is 16.2. The summed E-state index contributed by atoms with van der Waals surface area (Å²) < 4.78 is 5.36. The molecule has 2 aromatic carbocycles. The Morgan fingerprint density at radius 3 is 2.04 bits per heavy atom. The second-order valence-corrected chi connectivity index (χ2v) is 6.58. The first-order valence-corrected chi connectivity index (χ1v) is 9.06. The minimum absolute atomic E-state index is 0.128. The van der Waals surface area contributed by atoms with E-state index < -0.39 is 11.9 Å². The van der Waals surface area contributed by atoms with Crippen molar-refractivity contribution in [3.05, 3.63) is 59.7 Å². The zero-order chi connectivity index (χ0) is 20.7. The van der Waals surface area contributed by atoms with Crippen LogP contribution in [0.5, 0.6) is 5.75 Å². The molecule has 0 bridgehead atoms. The Kier molecular flexibility index (Phi) is 7.14. The van der Waals surface area contributed by atoms with Gasteiger partial charge in [0.1, 0.15) is 11.8 Å². The molecule has 4 N–H and O–H groups in total. The van der Waals surface area contributed by atoms with Gasteiger partial charge in [0.25, 0.3) is 5.91 Å². The summed E-state index contributed by atoms with van der Waals surface area (Å²) in [5.41, 5.74) is 6.50. The van der Waals surface area contributed by atoms with Crippen molar-refractivity contribution in [2.24, 2.45) is 11.7 Å². The fraction of sp³-hybridized carbons (Fsp3) is 0.286. The molecule has 0 aliphatic rings. The smallest absolute Gasteiger partial charge is 0.251 e. The van der Waals surface area contributed by atoms with E-state index in [1.807, 2.05) is 20.8 Å². The fourth-order valence-electron chi connectivity index (χ4n) is 2.57. The summed E-state index contributed by atoms with van der Waals surface area (Å²) in [4.78, 5) is 36.3. The summed E-state index contributed by atoms with van der Waals surface area (Å²) in [5.74, 6) is -0.684. The van der Waals surface area contributed by atoms with E-state index in [-0.39, 0.29) is 17.7 Å². The van der Waals surface area contributed by atoms with Crippen LogP contribution in [0.3, 0.4) is 0 Å². The Balaban J connectivity index is 2.05. The molecule has 0 heterocycles. The number of nitrogens with two attached hydrogens (primary N) is 1. The van der Waals surface area contributed by atoms with E-state index in [0.717, 1.165) is 0 Å². The highest BCUT2D eigenvalue weighted by Gasteiger charge is 2.25. The Labute approximate surface area is 164 Å². The number of hydrogen-bond donors (Lipinski definition) is 3. The molecule has 0 aliphatic heterocycles. The molecule has 0 unspecified atom stereocenters. The van der Waals surface area contributed by atoms with Crippen LogP contribution in [-0.4, -0.2) is 30.4 Å². The van der Waals surface area contributed by atoms with E-state index in [2.05, 4.69) is 10.6 Å². The van der Waals surface area contributed by atoms with Crippen molar-refractivity contribution in [1.82, 2.24) is 5.32 Å². The normalized spacial score (nSPS) is 11.6. The number of carbonyl (C=O) groups excluding carboxylic acids is 3. The second kappa shape index (κ2) is 9.55. The molecule has 0 saturated carbocycles. The number of carbonyl (C=O) groups is 3. The van der Waals surface area contributed by atoms with E-state index in [4.69, 9.17) is 10.5 Å². The van der Waals surface area contributed by atoms with Gasteiger partial charge >= 0.3 is 0 Å². The molecule has 3 amide bonds. The minimum Gasteiger partial charge on any atom is -0.494 e. The maximum atomic E-state index is 12.6. The van der Waals surface area contributed by atoms with E-state index in [1.165, 1.54) is 12.1 Å². The maximum Gasteiger partial charge on any atom is 0.251 e. The van der Waals surface area contributed by atoms with Gasteiger partial charge in [-0.1, -0.05) is 13.8 Å². The van der Waals surface area contributed by atoms with Crippen LogP contribution >= 0.6 is 0 Å². The first-order valence-electron chi connectivity index (χ1n) is 9.06. The van der Waals surface area contributed by atoms with Gasteiger partial charge in [-0.15, -0.1) is 0 Å². The zero-order valence-corrected chi connectivity index (χ0v) is 16.2. The number of amides is 3. The molecule has 148 valence electrons. The lowest BCUT2D eigenvalue weighted by Gasteiger charge is -2.22. The van der Waals surface area contributed by atoms with E-state index in [9.17, 15) is 14.4 Å². The molecule has 7 heteroatoms. The van der Waals surface area contributed by atoms with Crippen LogP contribution in [0.1, 0.15) is 41.5 Å². The quantitative estimate of drug-likeness (QED) is 0.650. The maximum absolute atomic E-state index is 12.6. The summed E-state index contributed by atoms with van der Waals surface area (Å²) in [6, 6.07) is 12.2. The third-order valence-corrected chi connectivity index (χ3v) is 4.10. The third kappa shape index (κ3) is 5.57. The van der Waals surface area contributed by atoms with Crippen LogP contribution in [-0.2, 0) is 4.79 Å². The third-order valence-electron chi connectivity index (χ3n) is 4.10. The summed E-state index contributed by atoms with van der Waals surface area (Å²) >= 11 is 0. The molecule has 7 nitrogen and oxygen atoms in total. The fourth-order valence-corrected chi connectivity index (χ4v) is 2.57. The topological polar surface area (TPSA) is 111 Å². The first-order chi connectivity index (χ1) is 13.3. The van der Waals surface area contributed by atoms with Crippen LogP contribution in [0, 0.1) is 5.92 Å². The number of ether oxygens (including phenoxy) is 1. The van der Waals surface area contributed by atoms with Gasteiger partial charge in [0, 0.05) is 16.8 Å². The molecule has 28 heavy (non-hydrogen) atoms. The number of hydrogen-bond acceptors (Lipinski definition) is 4. The molecular weight excluding hydrogens is 358 g/mol. The van der Waals surface area contributed by atoms with Gasteiger partial charge in [0.05, 0.1) is 6.61 Å². The van der Waals surface area contributed by atoms with Crippen LogP contribution in [0.4, 0.5) is 5.69 Å². The Morgan fingerprint density at radius 1 is 0.964 bits per heavy atom. The second-order valence-electron chi connectivity index (χ2n) is 6.58. The molecule has 0 saturated heterocycles. The molecule has 1 atom stereocenters. The van der Waals surface area contributed by atoms with Gasteiger partial charge in [-0.25, -0.2) is 0 Å². The van der Waals surface area contributed by atoms with Gasteiger partial charge < -0.3 is 21.1 Å². The van der Waals surface area contributed by atoms with E-state index >= 15 is 0 Å². The average molecular weight is 383 g/mol. The number of anilines is 1. The summed E-state index contributed by atoms with van der Waals surface area (Å²) in [5, 5.41) is 5.51. The van der Waals surface area contributed by atoms with Crippen molar-refractivity contribution in [1.29, 1.82) is 0 Å². The van der Waals surface area contributed by atoms with Crippen molar-refractivity contribution in [2.75, 3.05) is 11.9 Å². The van der Waals surface area contributed by atoms with Crippen LogP contribution in [0.25, 0.3) is 0 Å². The molecule has 0 aliphatic carbocycles. The Morgan fingerprint density at radius 2 is 1.54 bits per heavy atom. The standard InChI is InChI=1S/C21H25N3O4/c1-4-28-17-11-7-15(8-12-17)20(26)24-18(13(2)3)21(27)23-16-9-5-14(6-10-16)19(22)25/h5-13,18H,4H2,1-3H3,(H2,22,25)(H,23,27)(H,24,26)/t18-/m0/s1. The average Bonchev–Trinajstić information content (AvgIpc) is 2.66. The van der Waals surface area contributed by atoms with Gasteiger partial charge in [0.15, 0.2) is 0 Å². The summed E-state index contributed by atoms with van der Waals surface area (Å²) in [7, 11) is 0. The van der Waals surface area contributed by atoms with Crippen molar-refractivity contribution >= 4 is 23.4 Å². The number of benzene rings is 2. The van der Waals surface area contributed by atoms with Crippen LogP contribution in [0.2, 0.25) is 0 Å². The highest BCUT2D eigenvalue weighted by atomic mass is 16.5.